The lowest BCUT2D eigenvalue weighted by molar-refractivity contribution is -0.146. The van der Waals surface area contributed by atoms with Gasteiger partial charge in [-0.2, -0.15) is 13.2 Å². The molecule has 2 aromatic rings. The molecule has 0 radical (unpaired) electrons. The van der Waals surface area contributed by atoms with Crippen molar-refractivity contribution in [1.29, 1.82) is 0 Å². The van der Waals surface area contributed by atoms with Gasteiger partial charge in [0.1, 0.15) is 16.5 Å². The number of rotatable bonds is 4. The van der Waals surface area contributed by atoms with Gasteiger partial charge in [0.2, 0.25) is 0 Å². The van der Waals surface area contributed by atoms with Gasteiger partial charge in [0, 0.05) is 4.88 Å². The lowest BCUT2D eigenvalue weighted by Crippen LogP contribution is -2.34. The minimum atomic E-state index is -4.23. The molecule has 0 spiro atoms. The van der Waals surface area contributed by atoms with Crippen molar-refractivity contribution in [2.45, 2.75) is 33.5 Å². The number of aryl methyl sites for hydroxylation is 2. The summed E-state index contributed by atoms with van der Waals surface area (Å²) in [7, 11) is 0. The molecule has 21 heavy (non-hydrogen) atoms. The Morgan fingerprint density at radius 3 is 2.48 bits per heavy atom. The minimum absolute atomic E-state index is 0.0339. The first kappa shape index (κ1) is 16.0. The van der Waals surface area contributed by atoms with Crippen molar-refractivity contribution in [3.8, 4) is 0 Å². The Morgan fingerprint density at radius 2 is 1.90 bits per heavy atom. The van der Waals surface area contributed by atoms with Crippen LogP contribution in [0, 0.1) is 13.8 Å². The van der Waals surface area contributed by atoms with Crippen LogP contribution in [0.3, 0.4) is 0 Å². The summed E-state index contributed by atoms with van der Waals surface area (Å²) in [5.41, 5.74) is 6.96. The van der Waals surface area contributed by atoms with Crippen molar-refractivity contribution >= 4 is 27.4 Å². The first-order valence-corrected chi connectivity index (χ1v) is 7.34. The number of hydrogen-bond acceptors (Lipinski definition) is 5. The Balaban J connectivity index is 2.30. The summed E-state index contributed by atoms with van der Waals surface area (Å²) >= 11 is 1.48. The largest absolute Gasteiger partial charge is 0.401 e. The van der Waals surface area contributed by atoms with Gasteiger partial charge in [-0.1, -0.05) is 6.92 Å². The van der Waals surface area contributed by atoms with E-state index in [1.807, 2.05) is 13.8 Å². The summed E-state index contributed by atoms with van der Waals surface area (Å²) in [5.74, 6) is 0.660. The normalized spacial score (nSPS) is 12.5. The smallest absolute Gasteiger partial charge is 0.383 e. The van der Waals surface area contributed by atoms with E-state index in [0.717, 1.165) is 20.7 Å². The fourth-order valence-electron chi connectivity index (χ4n) is 2.13. The van der Waals surface area contributed by atoms with Crippen molar-refractivity contribution in [1.82, 2.24) is 14.9 Å². The zero-order valence-electron chi connectivity index (χ0n) is 12.1. The highest BCUT2D eigenvalue weighted by molar-refractivity contribution is 7.18. The topological polar surface area (TPSA) is 55.0 Å². The van der Waals surface area contributed by atoms with E-state index in [1.54, 1.807) is 6.92 Å². The molecule has 2 N–H and O–H groups in total. The van der Waals surface area contributed by atoms with Crippen molar-refractivity contribution in [3.63, 3.8) is 0 Å². The molecule has 0 aliphatic heterocycles. The summed E-state index contributed by atoms with van der Waals surface area (Å²) in [6, 6.07) is 0. The third kappa shape index (κ3) is 3.62. The van der Waals surface area contributed by atoms with Crippen LogP contribution in [0.5, 0.6) is 0 Å². The van der Waals surface area contributed by atoms with Gasteiger partial charge in [0.05, 0.1) is 18.5 Å². The maximum atomic E-state index is 12.5. The first-order valence-electron chi connectivity index (χ1n) is 6.52. The van der Waals surface area contributed by atoms with E-state index in [9.17, 15) is 13.2 Å². The van der Waals surface area contributed by atoms with Crippen LogP contribution < -0.4 is 5.73 Å². The number of anilines is 1. The van der Waals surface area contributed by atoms with Gasteiger partial charge in [-0.05, 0) is 26.0 Å². The monoisotopic (exact) mass is 318 g/mol. The molecule has 0 atom stereocenters. The molecule has 2 heterocycles. The number of halogens is 3. The first-order chi connectivity index (χ1) is 9.71. The Hall–Kier alpha value is -1.41. The number of aromatic nitrogens is 2. The molecular formula is C13H17F3N4S. The van der Waals surface area contributed by atoms with Crippen LogP contribution in [0.1, 0.15) is 23.2 Å². The second-order valence-electron chi connectivity index (χ2n) is 4.91. The molecule has 0 aliphatic rings. The van der Waals surface area contributed by atoms with Crippen molar-refractivity contribution < 1.29 is 13.2 Å². The molecule has 0 fully saturated rings. The van der Waals surface area contributed by atoms with Crippen LogP contribution in [0.2, 0.25) is 0 Å². The molecule has 8 heteroatoms. The lowest BCUT2D eigenvalue weighted by atomic mass is 10.2. The minimum Gasteiger partial charge on any atom is -0.383 e. The molecule has 0 saturated heterocycles. The van der Waals surface area contributed by atoms with Crippen LogP contribution in [0.15, 0.2) is 0 Å². The summed E-state index contributed by atoms with van der Waals surface area (Å²) < 4.78 is 37.4. The van der Waals surface area contributed by atoms with Gasteiger partial charge in [0.15, 0.2) is 0 Å². The van der Waals surface area contributed by atoms with E-state index in [-0.39, 0.29) is 13.1 Å². The summed E-state index contributed by atoms with van der Waals surface area (Å²) in [6.45, 7) is 4.90. The number of nitrogens with zero attached hydrogens (tertiary/aromatic N) is 3. The van der Waals surface area contributed by atoms with Crippen LogP contribution in [0.4, 0.5) is 19.0 Å². The molecule has 0 bridgehead atoms. The van der Waals surface area contributed by atoms with E-state index in [2.05, 4.69) is 9.97 Å². The molecule has 116 valence electrons. The average molecular weight is 318 g/mol. The molecule has 0 saturated carbocycles. The summed E-state index contributed by atoms with van der Waals surface area (Å²) in [4.78, 5) is 11.6. The van der Waals surface area contributed by atoms with Gasteiger partial charge >= 0.3 is 6.18 Å². The van der Waals surface area contributed by atoms with Crippen molar-refractivity contribution in [2.75, 3.05) is 18.8 Å². The number of thiophene rings is 1. The highest BCUT2D eigenvalue weighted by Gasteiger charge is 2.30. The second kappa shape index (κ2) is 5.76. The van der Waals surface area contributed by atoms with Gasteiger partial charge < -0.3 is 5.73 Å². The number of nitrogens with two attached hydrogens (primary N) is 1. The highest BCUT2D eigenvalue weighted by atomic mass is 32.1. The van der Waals surface area contributed by atoms with Crippen molar-refractivity contribution in [2.24, 2.45) is 0 Å². The molecular weight excluding hydrogens is 301 g/mol. The van der Waals surface area contributed by atoms with E-state index < -0.39 is 12.7 Å². The molecule has 0 aromatic carbocycles. The summed E-state index contributed by atoms with van der Waals surface area (Å²) in [5, 5.41) is 0.806. The third-order valence-electron chi connectivity index (χ3n) is 3.32. The highest BCUT2D eigenvalue weighted by Crippen LogP contribution is 2.32. The second-order valence-corrected chi connectivity index (χ2v) is 6.11. The lowest BCUT2D eigenvalue weighted by Gasteiger charge is -2.21. The molecule has 0 amide bonds. The number of alkyl halides is 3. The van der Waals surface area contributed by atoms with Gasteiger partial charge in [0.25, 0.3) is 0 Å². The van der Waals surface area contributed by atoms with Crippen LogP contribution in [-0.4, -0.2) is 34.1 Å². The van der Waals surface area contributed by atoms with Crippen LogP contribution in [0.25, 0.3) is 10.2 Å². The van der Waals surface area contributed by atoms with Crippen LogP contribution in [-0.2, 0) is 6.54 Å². The Morgan fingerprint density at radius 1 is 1.24 bits per heavy atom. The predicted molar refractivity (Wildman–Crippen MR) is 78.3 cm³/mol. The zero-order valence-corrected chi connectivity index (χ0v) is 12.9. The predicted octanol–water partition coefficient (Wildman–Crippen LogP) is 3.27. The van der Waals surface area contributed by atoms with Gasteiger partial charge in [-0.25, -0.2) is 9.97 Å². The maximum Gasteiger partial charge on any atom is 0.401 e. The molecule has 0 unspecified atom stereocenters. The fourth-order valence-corrected chi connectivity index (χ4v) is 3.19. The summed E-state index contributed by atoms with van der Waals surface area (Å²) in [6.07, 6.45) is -4.23. The van der Waals surface area contributed by atoms with E-state index >= 15 is 0 Å². The quantitative estimate of drug-likeness (QED) is 0.940. The van der Waals surface area contributed by atoms with E-state index in [0.29, 0.717) is 11.6 Å². The number of fused-ring (bicyclic) bond motifs is 1. The van der Waals surface area contributed by atoms with Crippen LogP contribution >= 0.6 is 11.3 Å². The van der Waals surface area contributed by atoms with Gasteiger partial charge in [-0.15, -0.1) is 11.3 Å². The average Bonchev–Trinajstić information content (AvgIpc) is 2.62. The van der Waals surface area contributed by atoms with E-state index in [1.165, 1.54) is 16.2 Å². The fraction of sp³-hybridized carbons (Fsp3) is 0.538. The van der Waals surface area contributed by atoms with E-state index in [4.69, 9.17) is 5.73 Å². The zero-order chi connectivity index (χ0) is 15.8. The standard InChI is InChI=1S/C13H17F3N4S/c1-4-20(6-13(14,15)16)5-9-18-11(17)10-7(2)8(3)21-12(10)19-9/h4-6H2,1-3H3,(H2,17,18,19). The van der Waals surface area contributed by atoms with Crippen molar-refractivity contribution in [3.05, 3.63) is 16.3 Å². The molecule has 4 nitrogen and oxygen atoms in total. The Kier molecular flexibility index (Phi) is 4.38. The molecule has 2 rings (SSSR count). The molecule has 0 aliphatic carbocycles. The molecule has 2 aromatic heterocycles. The Labute approximate surface area is 124 Å². The van der Waals surface area contributed by atoms with Gasteiger partial charge in [-0.3, -0.25) is 4.90 Å². The number of nitrogen functional groups attached to an aromatic ring is 1. The number of hydrogen-bond donors (Lipinski definition) is 1. The SMILES string of the molecule is CCN(Cc1nc(N)c2c(C)c(C)sc2n1)CC(F)(F)F. The maximum absolute atomic E-state index is 12.5. The third-order valence-corrected chi connectivity index (χ3v) is 4.42. The Bertz CT molecular complexity index is 651.